The normalized spacial score (nSPS) is 17.1. The van der Waals surface area contributed by atoms with Crippen LogP contribution in [0, 0.1) is 5.92 Å². The smallest absolute Gasteiger partial charge is 0.290 e. The van der Waals surface area contributed by atoms with Gasteiger partial charge in [-0.1, -0.05) is 18.2 Å². The zero-order valence-corrected chi connectivity index (χ0v) is 22.9. The summed E-state index contributed by atoms with van der Waals surface area (Å²) >= 11 is 0.886. The maximum Gasteiger partial charge on any atom is 0.290 e. The maximum atomic E-state index is 11.8. The first kappa shape index (κ1) is 26.6. The number of hydrogen-bond donors (Lipinski definition) is 3. The molecule has 2 aliphatic rings. The molecular weight excluding hydrogens is 512 g/mol. The molecule has 0 aliphatic carbocycles. The summed E-state index contributed by atoms with van der Waals surface area (Å²) in [5.74, 6) is 1.31. The van der Waals surface area contributed by atoms with Gasteiger partial charge in [-0.15, -0.1) is 0 Å². The number of nitrogens with zero attached hydrogens (tertiary/aromatic N) is 5. The molecule has 4 heterocycles. The van der Waals surface area contributed by atoms with E-state index in [1.807, 2.05) is 26.2 Å². The topological polar surface area (TPSA) is 129 Å². The highest BCUT2D eigenvalue weighted by Crippen LogP contribution is 2.28. The number of imide groups is 1. The lowest BCUT2D eigenvalue weighted by atomic mass is 9.96. The Morgan fingerprint density at radius 3 is 2.72 bits per heavy atom. The number of piperidine rings is 1. The number of nitrogens with two attached hydrogens (primary N) is 1. The van der Waals surface area contributed by atoms with E-state index in [1.54, 1.807) is 18.3 Å². The third kappa shape index (κ3) is 6.55. The van der Waals surface area contributed by atoms with E-state index in [0.717, 1.165) is 66.7 Å². The van der Waals surface area contributed by atoms with Crippen LogP contribution < -0.4 is 26.2 Å². The van der Waals surface area contributed by atoms with Crippen molar-refractivity contribution in [3.63, 3.8) is 0 Å². The molecule has 202 valence electrons. The Morgan fingerprint density at radius 2 is 1.97 bits per heavy atom. The van der Waals surface area contributed by atoms with E-state index in [9.17, 15) is 9.59 Å². The maximum absolute atomic E-state index is 11.8. The number of carbonyl (C=O) groups excluding carboxylic acids is 2. The zero-order chi connectivity index (χ0) is 27.4. The average Bonchev–Trinajstić information content (AvgIpc) is 3.26. The lowest BCUT2D eigenvalue weighted by Crippen LogP contribution is -2.38. The van der Waals surface area contributed by atoms with Crippen molar-refractivity contribution in [3.8, 4) is 11.3 Å². The van der Waals surface area contributed by atoms with E-state index < -0.39 is 0 Å². The van der Waals surface area contributed by atoms with Crippen LogP contribution in [0.15, 0.2) is 53.6 Å². The Kier molecular flexibility index (Phi) is 8.08. The minimum Gasteiger partial charge on any atom is -0.384 e. The molecule has 4 N–H and O–H groups in total. The van der Waals surface area contributed by atoms with Gasteiger partial charge in [-0.2, -0.15) is 0 Å². The van der Waals surface area contributed by atoms with Gasteiger partial charge < -0.3 is 20.9 Å². The molecule has 11 heteroatoms. The van der Waals surface area contributed by atoms with Gasteiger partial charge in [0, 0.05) is 51.2 Å². The van der Waals surface area contributed by atoms with Crippen molar-refractivity contribution < 1.29 is 9.59 Å². The molecule has 0 saturated carbocycles. The number of thioether (sulfide) groups is 1. The van der Waals surface area contributed by atoms with Crippen molar-refractivity contribution in [2.45, 2.75) is 19.4 Å². The van der Waals surface area contributed by atoms with Gasteiger partial charge in [0.1, 0.15) is 5.82 Å². The van der Waals surface area contributed by atoms with Crippen molar-refractivity contribution in [2.24, 2.45) is 5.92 Å². The van der Waals surface area contributed by atoms with Crippen LogP contribution in [0.4, 0.5) is 22.2 Å². The molecule has 1 aromatic carbocycles. The molecule has 0 spiro atoms. The standard InChI is InChI=1S/C28H32N8O2S/c1-35(2)22-5-3-4-19(14-22)25-20(6-7-24(29)33-25)17-30-16-18-9-12-36(13-10-18)27-31-11-8-21(32-27)15-23-26(37)34-28(38)39-23/h3-8,11,14-15,18,30H,9-10,12-13,16-17H2,1-2H3,(H2,29,33)(H,34,37,38)/b23-15+. The van der Waals surface area contributed by atoms with Crippen LogP contribution in [0.2, 0.25) is 0 Å². The summed E-state index contributed by atoms with van der Waals surface area (Å²) in [5, 5.41) is 5.53. The van der Waals surface area contributed by atoms with Crippen molar-refractivity contribution in [1.29, 1.82) is 0 Å². The third-order valence-corrected chi connectivity index (χ3v) is 7.68. The molecule has 2 fully saturated rings. The molecule has 39 heavy (non-hydrogen) atoms. The predicted octanol–water partition coefficient (Wildman–Crippen LogP) is 3.52. The number of rotatable bonds is 8. The molecule has 3 aromatic rings. The van der Waals surface area contributed by atoms with Crippen molar-refractivity contribution >= 4 is 46.4 Å². The number of amides is 2. The number of pyridine rings is 1. The summed E-state index contributed by atoms with van der Waals surface area (Å²) in [6.07, 6.45) is 5.36. The molecule has 0 unspecified atom stereocenters. The Hall–Kier alpha value is -3.96. The van der Waals surface area contributed by atoms with Gasteiger partial charge in [0.25, 0.3) is 11.1 Å². The Morgan fingerprint density at radius 1 is 1.15 bits per heavy atom. The number of hydrogen-bond acceptors (Lipinski definition) is 10. The first-order valence-electron chi connectivity index (χ1n) is 12.9. The average molecular weight is 545 g/mol. The summed E-state index contributed by atoms with van der Waals surface area (Å²) in [5.41, 5.74) is 10.8. The molecule has 10 nitrogen and oxygen atoms in total. The Balaban J connectivity index is 1.16. The van der Waals surface area contributed by atoms with Crippen molar-refractivity contribution in [2.75, 3.05) is 49.3 Å². The number of nitrogen functional groups attached to an aromatic ring is 1. The van der Waals surface area contributed by atoms with Crippen molar-refractivity contribution in [3.05, 3.63) is 64.8 Å². The van der Waals surface area contributed by atoms with E-state index in [4.69, 9.17) is 5.73 Å². The van der Waals surface area contributed by atoms with Crippen LogP contribution in [0.1, 0.15) is 24.1 Å². The number of anilines is 3. The highest BCUT2D eigenvalue weighted by Gasteiger charge is 2.26. The summed E-state index contributed by atoms with van der Waals surface area (Å²) in [6.45, 7) is 3.32. The third-order valence-electron chi connectivity index (χ3n) is 6.87. The van der Waals surface area contributed by atoms with E-state index in [-0.39, 0.29) is 11.1 Å². The molecule has 2 aromatic heterocycles. The fraction of sp³-hybridized carbons (Fsp3) is 0.321. The van der Waals surface area contributed by atoms with E-state index in [1.165, 1.54) is 0 Å². The molecule has 2 saturated heterocycles. The predicted molar refractivity (Wildman–Crippen MR) is 156 cm³/mol. The number of benzene rings is 1. The summed E-state index contributed by atoms with van der Waals surface area (Å²) in [7, 11) is 4.05. The molecule has 5 rings (SSSR count). The van der Waals surface area contributed by atoms with Gasteiger partial charge in [0.2, 0.25) is 5.95 Å². The van der Waals surface area contributed by atoms with Gasteiger partial charge >= 0.3 is 0 Å². The summed E-state index contributed by atoms with van der Waals surface area (Å²) in [6, 6.07) is 14.0. The van der Waals surface area contributed by atoms with Gasteiger partial charge in [-0.3, -0.25) is 14.9 Å². The molecule has 0 radical (unpaired) electrons. The molecular formula is C28H32N8O2S. The summed E-state index contributed by atoms with van der Waals surface area (Å²) in [4.78, 5) is 41.6. The van der Waals surface area contributed by atoms with E-state index in [0.29, 0.717) is 34.8 Å². The monoisotopic (exact) mass is 544 g/mol. The number of aromatic nitrogens is 3. The second-order valence-corrected chi connectivity index (χ2v) is 10.9. The van der Waals surface area contributed by atoms with Gasteiger partial charge in [0.05, 0.1) is 16.3 Å². The quantitative estimate of drug-likeness (QED) is 0.362. The van der Waals surface area contributed by atoms with Crippen molar-refractivity contribution in [1.82, 2.24) is 25.6 Å². The SMILES string of the molecule is CN(C)c1cccc(-c2nc(N)ccc2CNCC2CCN(c3nccc(/C=C4/SC(=O)NC4=O)n3)CC2)c1. The Bertz CT molecular complexity index is 1400. The van der Waals surface area contributed by atoms with E-state index in [2.05, 4.69) is 59.7 Å². The van der Waals surface area contributed by atoms with Gasteiger partial charge in [0.15, 0.2) is 0 Å². The highest BCUT2D eigenvalue weighted by molar-refractivity contribution is 8.18. The molecule has 2 amide bonds. The van der Waals surface area contributed by atoms with Gasteiger partial charge in [-0.25, -0.2) is 15.0 Å². The largest absolute Gasteiger partial charge is 0.384 e. The number of nitrogens with one attached hydrogen (secondary N) is 2. The first-order valence-corrected chi connectivity index (χ1v) is 13.7. The number of carbonyl (C=O) groups is 2. The fourth-order valence-electron chi connectivity index (χ4n) is 4.73. The van der Waals surface area contributed by atoms with Crippen LogP contribution in [-0.2, 0) is 11.3 Å². The van der Waals surface area contributed by atoms with E-state index >= 15 is 0 Å². The molecule has 2 aliphatic heterocycles. The Labute approximate surface area is 232 Å². The fourth-order valence-corrected chi connectivity index (χ4v) is 5.39. The van der Waals surface area contributed by atoms with Crippen LogP contribution in [0.25, 0.3) is 17.3 Å². The lowest BCUT2D eigenvalue weighted by molar-refractivity contribution is -0.115. The second kappa shape index (κ2) is 11.8. The van der Waals surface area contributed by atoms with Crippen LogP contribution in [-0.4, -0.2) is 59.8 Å². The van der Waals surface area contributed by atoms with Crippen LogP contribution in [0.3, 0.4) is 0 Å². The first-order chi connectivity index (χ1) is 18.9. The van der Waals surface area contributed by atoms with Gasteiger partial charge in [-0.05, 0) is 73.0 Å². The molecule has 0 bridgehead atoms. The second-order valence-electron chi connectivity index (χ2n) is 9.88. The summed E-state index contributed by atoms with van der Waals surface area (Å²) < 4.78 is 0. The molecule has 0 atom stereocenters. The zero-order valence-electron chi connectivity index (χ0n) is 22.1. The minimum absolute atomic E-state index is 0.347. The lowest BCUT2D eigenvalue weighted by Gasteiger charge is -2.32. The minimum atomic E-state index is -0.387. The van der Waals surface area contributed by atoms with Crippen LogP contribution >= 0.6 is 11.8 Å². The highest BCUT2D eigenvalue weighted by atomic mass is 32.2. The van der Waals surface area contributed by atoms with Crippen LogP contribution in [0.5, 0.6) is 0 Å².